The summed E-state index contributed by atoms with van der Waals surface area (Å²) in [6.45, 7) is -2.16. The summed E-state index contributed by atoms with van der Waals surface area (Å²) >= 11 is 0. The molecular formula is C14H21BF3KO. The molecule has 0 heterocycles. The van der Waals surface area contributed by atoms with Crippen molar-refractivity contribution >= 4 is 12.4 Å². The maximum absolute atomic E-state index is 12.4. The van der Waals surface area contributed by atoms with Crippen molar-refractivity contribution < 1.29 is 69.1 Å². The van der Waals surface area contributed by atoms with Crippen molar-refractivity contribution in [1.82, 2.24) is 0 Å². The van der Waals surface area contributed by atoms with E-state index in [-0.39, 0.29) is 51.4 Å². The van der Waals surface area contributed by atoms with E-state index < -0.39 is 12.4 Å². The van der Waals surface area contributed by atoms with Gasteiger partial charge in [0.1, 0.15) is 5.75 Å². The number of unbranched alkanes of at least 4 members (excludes halogenated alkanes) is 5. The molecule has 0 aliphatic rings. The topological polar surface area (TPSA) is 9.23 Å². The number of ether oxygens (including phenoxy) is 1. The van der Waals surface area contributed by atoms with Crippen molar-refractivity contribution in [2.75, 3.05) is 6.61 Å². The largest absolute Gasteiger partial charge is 1.00 e. The third-order valence-electron chi connectivity index (χ3n) is 3.02. The molecule has 0 saturated carbocycles. The molecule has 0 aliphatic heterocycles. The van der Waals surface area contributed by atoms with Crippen LogP contribution in [0.15, 0.2) is 24.3 Å². The van der Waals surface area contributed by atoms with Crippen molar-refractivity contribution in [2.24, 2.45) is 0 Å². The second-order valence-corrected chi connectivity index (χ2v) is 4.76. The third kappa shape index (κ3) is 8.72. The fourth-order valence-electron chi connectivity index (χ4n) is 1.85. The minimum Gasteiger partial charge on any atom is -0.494 e. The van der Waals surface area contributed by atoms with E-state index in [1.54, 1.807) is 0 Å². The molecule has 0 saturated heterocycles. The van der Waals surface area contributed by atoms with E-state index in [1.165, 1.54) is 37.8 Å². The summed E-state index contributed by atoms with van der Waals surface area (Å²) in [4.78, 5) is 0. The van der Waals surface area contributed by atoms with Crippen LogP contribution in [-0.4, -0.2) is 13.6 Å². The van der Waals surface area contributed by atoms with E-state index in [0.29, 0.717) is 12.4 Å². The average Bonchev–Trinajstić information content (AvgIpc) is 2.37. The Balaban J connectivity index is 0.00000361. The maximum Gasteiger partial charge on any atom is 1.00 e. The first kappa shape index (κ1) is 20.5. The van der Waals surface area contributed by atoms with Crippen LogP contribution < -0.4 is 61.6 Å². The Morgan fingerprint density at radius 1 is 0.900 bits per heavy atom. The van der Waals surface area contributed by atoms with Crippen molar-refractivity contribution in [2.45, 2.75) is 45.4 Å². The summed E-state index contributed by atoms with van der Waals surface area (Å²) in [5, 5.41) is 0. The number of benzene rings is 1. The van der Waals surface area contributed by atoms with Gasteiger partial charge in [-0.3, -0.25) is 0 Å². The molecule has 0 radical (unpaired) electrons. The zero-order chi connectivity index (χ0) is 14.1. The van der Waals surface area contributed by atoms with Gasteiger partial charge in [0, 0.05) is 0 Å². The van der Waals surface area contributed by atoms with Gasteiger partial charge in [0.25, 0.3) is 0 Å². The summed E-state index contributed by atoms with van der Waals surface area (Å²) in [7, 11) is 0. The predicted molar refractivity (Wildman–Crippen MR) is 74.0 cm³/mol. The molecule has 0 fully saturated rings. The third-order valence-corrected chi connectivity index (χ3v) is 3.02. The number of rotatable bonds is 9. The molecule has 1 rings (SSSR count). The monoisotopic (exact) mass is 312 g/mol. The molecule has 1 aromatic carbocycles. The molecule has 108 valence electrons. The normalized spacial score (nSPS) is 11.0. The van der Waals surface area contributed by atoms with Crippen LogP contribution in [0, 0.1) is 0 Å². The van der Waals surface area contributed by atoms with E-state index in [1.807, 2.05) is 0 Å². The summed E-state index contributed by atoms with van der Waals surface area (Å²) in [6.07, 6.45) is 7.01. The quantitative estimate of drug-likeness (QED) is 0.496. The Labute approximate surface area is 162 Å². The van der Waals surface area contributed by atoms with Gasteiger partial charge in [-0.05, 0) is 18.6 Å². The van der Waals surface area contributed by atoms with Gasteiger partial charge in [-0.1, -0.05) is 51.2 Å². The van der Waals surface area contributed by atoms with Crippen LogP contribution in [-0.2, 0) is 0 Å². The van der Waals surface area contributed by atoms with Gasteiger partial charge >= 0.3 is 58.4 Å². The molecule has 0 N–H and O–H groups in total. The summed E-state index contributed by atoms with van der Waals surface area (Å²) in [5.41, 5.74) is -0.577. The Morgan fingerprint density at radius 2 is 1.45 bits per heavy atom. The van der Waals surface area contributed by atoms with Crippen LogP contribution in [0.2, 0.25) is 0 Å². The molecule has 0 spiro atoms. The minimum atomic E-state index is -4.90. The molecule has 0 atom stereocenters. The second kappa shape index (κ2) is 11.1. The van der Waals surface area contributed by atoms with Crippen molar-refractivity contribution in [1.29, 1.82) is 0 Å². The van der Waals surface area contributed by atoms with Gasteiger partial charge in [0.05, 0.1) is 6.61 Å². The zero-order valence-corrected chi connectivity index (χ0v) is 15.5. The van der Waals surface area contributed by atoms with E-state index in [2.05, 4.69) is 6.92 Å². The van der Waals surface area contributed by atoms with E-state index in [9.17, 15) is 12.9 Å². The predicted octanol–water partition coefficient (Wildman–Crippen LogP) is 1.48. The van der Waals surface area contributed by atoms with Crippen LogP contribution in [0.1, 0.15) is 45.4 Å². The standard InChI is InChI=1S/C14H21BF3O.K/c1-2-3-4-5-6-7-12-19-14-10-8-13(9-11-14)15(16,17)18;/h8-11H,2-7,12H2,1H3;/q-1;+1. The Hall–Kier alpha value is 0.511. The molecule has 1 nitrogen and oxygen atoms in total. The molecule has 0 bridgehead atoms. The maximum atomic E-state index is 12.4. The van der Waals surface area contributed by atoms with Gasteiger partial charge < -0.3 is 17.7 Å². The van der Waals surface area contributed by atoms with Crippen LogP contribution in [0.3, 0.4) is 0 Å². The van der Waals surface area contributed by atoms with E-state index >= 15 is 0 Å². The molecule has 0 aliphatic carbocycles. The van der Waals surface area contributed by atoms with Crippen molar-refractivity contribution in [3.05, 3.63) is 24.3 Å². The minimum absolute atomic E-state index is 0. The van der Waals surface area contributed by atoms with Gasteiger partial charge in [-0.15, -0.1) is 5.46 Å². The van der Waals surface area contributed by atoms with E-state index in [4.69, 9.17) is 4.74 Å². The van der Waals surface area contributed by atoms with Crippen molar-refractivity contribution in [3.8, 4) is 5.75 Å². The molecular weight excluding hydrogens is 291 g/mol. The van der Waals surface area contributed by atoms with Gasteiger partial charge in [0.15, 0.2) is 0 Å². The average molecular weight is 312 g/mol. The van der Waals surface area contributed by atoms with Crippen LogP contribution >= 0.6 is 0 Å². The smallest absolute Gasteiger partial charge is 0.494 e. The van der Waals surface area contributed by atoms with Crippen LogP contribution in [0.25, 0.3) is 0 Å². The summed E-state index contributed by atoms with van der Waals surface area (Å²) in [5.74, 6) is 0.511. The SMILES string of the molecule is CCCCCCCCOc1ccc([B-](F)(F)F)cc1.[K+]. The fraction of sp³-hybridized carbons (Fsp3) is 0.571. The Bertz CT molecular complexity index is 354. The van der Waals surface area contributed by atoms with Crippen molar-refractivity contribution in [3.63, 3.8) is 0 Å². The summed E-state index contributed by atoms with van der Waals surface area (Å²) in [6, 6.07) is 4.94. The van der Waals surface area contributed by atoms with Gasteiger partial charge in [-0.25, -0.2) is 0 Å². The first-order valence-corrected chi connectivity index (χ1v) is 6.96. The van der Waals surface area contributed by atoms with Crippen LogP contribution in [0.4, 0.5) is 12.9 Å². The van der Waals surface area contributed by atoms with Crippen LogP contribution in [0.5, 0.6) is 5.75 Å². The molecule has 1 aromatic rings. The Morgan fingerprint density at radius 3 is 2.00 bits per heavy atom. The zero-order valence-electron chi connectivity index (χ0n) is 12.4. The molecule has 6 heteroatoms. The number of hydrogen-bond acceptors (Lipinski definition) is 1. The fourth-order valence-corrected chi connectivity index (χ4v) is 1.85. The summed E-state index contributed by atoms with van der Waals surface area (Å²) < 4.78 is 42.6. The molecule has 0 aromatic heterocycles. The molecule has 0 unspecified atom stereocenters. The first-order valence-electron chi connectivity index (χ1n) is 6.96. The number of halogens is 3. The first-order chi connectivity index (χ1) is 9.04. The van der Waals surface area contributed by atoms with E-state index in [0.717, 1.165) is 25.0 Å². The van der Waals surface area contributed by atoms with Gasteiger partial charge in [-0.2, -0.15) is 0 Å². The molecule has 0 amide bonds. The van der Waals surface area contributed by atoms with Gasteiger partial charge in [0.2, 0.25) is 0 Å². The Kier molecular flexibility index (Phi) is 11.4. The second-order valence-electron chi connectivity index (χ2n) is 4.76. The molecule has 20 heavy (non-hydrogen) atoms. The number of hydrogen-bond donors (Lipinski definition) is 0.